The van der Waals surface area contributed by atoms with Gasteiger partial charge in [-0.2, -0.15) is 0 Å². The van der Waals surface area contributed by atoms with Gasteiger partial charge in [-0.05, 0) is 47.8 Å². The summed E-state index contributed by atoms with van der Waals surface area (Å²) < 4.78 is 0. The number of benzene rings is 1. The molecule has 0 aliphatic heterocycles. The van der Waals surface area contributed by atoms with E-state index in [0.717, 1.165) is 5.92 Å². The van der Waals surface area contributed by atoms with E-state index in [4.69, 9.17) is 0 Å². The maximum atomic E-state index is 2.52. The van der Waals surface area contributed by atoms with Gasteiger partial charge in [-0.15, -0.1) is 0 Å². The maximum absolute atomic E-state index is 2.52. The fraction of sp³-hybridized carbons (Fsp3) is 0.700. The van der Waals surface area contributed by atoms with Crippen molar-refractivity contribution in [3.63, 3.8) is 0 Å². The van der Waals surface area contributed by atoms with Crippen LogP contribution in [0, 0.1) is 0 Å². The van der Waals surface area contributed by atoms with Gasteiger partial charge in [-0.25, -0.2) is 0 Å². The highest BCUT2D eigenvalue weighted by atomic mass is 14.2. The highest BCUT2D eigenvalue weighted by Gasteiger charge is 2.13. The molecule has 114 valence electrons. The summed E-state index contributed by atoms with van der Waals surface area (Å²) in [5.74, 6) is 1.42. The minimum atomic E-state index is 0.644. The summed E-state index contributed by atoms with van der Waals surface area (Å²) in [6, 6.07) is 7.33. The van der Waals surface area contributed by atoms with Crippen LogP contribution in [0.3, 0.4) is 0 Å². The molecular formula is C20H34. The van der Waals surface area contributed by atoms with Gasteiger partial charge in [0.1, 0.15) is 0 Å². The Balaban J connectivity index is 3.00. The molecule has 0 aliphatic carbocycles. The third-order valence-electron chi connectivity index (χ3n) is 4.32. The van der Waals surface area contributed by atoms with Crippen LogP contribution in [0.4, 0.5) is 0 Å². The average Bonchev–Trinajstić information content (AvgIpc) is 2.43. The SMILES string of the molecule is CCCCC(CCC)c1ccc(C(C)C)c(CCC)c1. The first-order valence-corrected chi connectivity index (χ1v) is 8.76. The van der Waals surface area contributed by atoms with Crippen LogP contribution in [0.25, 0.3) is 0 Å². The van der Waals surface area contributed by atoms with Crippen molar-refractivity contribution >= 4 is 0 Å². The van der Waals surface area contributed by atoms with Crippen molar-refractivity contribution < 1.29 is 0 Å². The first-order valence-electron chi connectivity index (χ1n) is 8.76. The Kier molecular flexibility index (Phi) is 7.95. The molecule has 0 saturated carbocycles. The second-order valence-corrected chi connectivity index (χ2v) is 6.49. The third-order valence-corrected chi connectivity index (χ3v) is 4.32. The monoisotopic (exact) mass is 274 g/mol. The number of hydrogen-bond donors (Lipinski definition) is 0. The van der Waals surface area contributed by atoms with Gasteiger partial charge < -0.3 is 0 Å². The van der Waals surface area contributed by atoms with E-state index in [0.29, 0.717) is 5.92 Å². The third kappa shape index (κ3) is 4.96. The van der Waals surface area contributed by atoms with Gasteiger partial charge in [-0.1, -0.05) is 78.5 Å². The summed E-state index contributed by atoms with van der Waals surface area (Å²) in [5.41, 5.74) is 4.74. The molecule has 0 heterocycles. The first-order chi connectivity index (χ1) is 9.63. The molecular weight excluding hydrogens is 240 g/mol. The van der Waals surface area contributed by atoms with Gasteiger partial charge in [0.15, 0.2) is 0 Å². The number of aryl methyl sites for hydroxylation is 1. The van der Waals surface area contributed by atoms with E-state index in [1.807, 2.05) is 0 Å². The molecule has 1 unspecified atom stereocenters. The lowest BCUT2D eigenvalue weighted by molar-refractivity contribution is 0.540. The molecule has 0 amide bonds. The zero-order valence-electron chi connectivity index (χ0n) is 14.3. The molecule has 1 atom stereocenters. The van der Waals surface area contributed by atoms with Crippen molar-refractivity contribution in [2.24, 2.45) is 0 Å². The Morgan fingerprint density at radius 2 is 1.65 bits per heavy atom. The van der Waals surface area contributed by atoms with Crippen LogP contribution in [-0.2, 0) is 6.42 Å². The predicted octanol–water partition coefficient (Wildman–Crippen LogP) is 6.84. The molecule has 0 radical (unpaired) electrons. The highest BCUT2D eigenvalue weighted by Crippen LogP contribution is 2.31. The van der Waals surface area contributed by atoms with Crippen LogP contribution in [0.1, 0.15) is 102 Å². The van der Waals surface area contributed by atoms with Crippen molar-refractivity contribution in [1.82, 2.24) is 0 Å². The molecule has 0 nitrogen and oxygen atoms in total. The van der Waals surface area contributed by atoms with Gasteiger partial charge in [0.05, 0.1) is 0 Å². The normalized spacial score (nSPS) is 12.9. The van der Waals surface area contributed by atoms with E-state index in [1.54, 1.807) is 16.7 Å². The van der Waals surface area contributed by atoms with Crippen molar-refractivity contribution in [2.45, 2.75) is 91.4 Å². The predicted molar refractivity (Wildman–Crippen MR) is 91.7 cm³/mol. The molecule has 0 bridgehead atoms. The lowest BCUT2D eigenvalue weighted by atomic mass is 9.85. The maximum Gasteiger partial charge on any atom is -0.0162 e. The summed E-state index contributed by atoms with van der Waals surface area (Å²) in [5, 5.41) is 0. The van der Waals surface area contributed by atoms with Crippen molar-refractivity contribution in [3.8, 4) is 0 Å². The molecule has 0 spiro atoms. The highest BCUT2D eigenvalue weighted by molar-refractivity contribution is 5.36. The van der Waals surface area contributed by atoms with Crippen molar-refractivity contribution in [3.05, 3.63) is 34.9 Å². The van der Waals surface area contributed by atoms with Crippen LogP contribution >= 0.6 is 0 Å². The van der Waals surface area contributed by atoms with Crippen LogP contribution in [0.15, 0.2) is 18.2 Å². The van der Waals surface area contributed by atoms with Gasteiger partial charge in [0.25, 0.3) is 0 Å². The Labute approximate surface area is 127 Å². The molecule has 0 saturated heterocycles. The lowest BCUT2D eigenvalue weighted by Gasteiger charge is -2.20. The first kappa shape index (κ1) is 17.3. The van der Waals surface area contributed by atoms with E-state index < -0.39 is 0 Å². The number of unbranched alkanes of at least 4 members (excludes halogenated alkanes) is 1. The largest absolute Gasteiger partial charge is 0.0654 e. The van der Waals surface area contributed by atoms with Gasteiger partial charge in [-0.3, -0.25) is 0 Å². The minimum Gasteiger partial charge on any atom is -0.0654 e. The Hall–Kier alpha value is -0.780. The second-order valence-electron chi connectivity index (χ2n) is 6.49. The molecule has 1 aromatic carbocycles. The quantitative estimate of drug-likeness (QED) is 0.462. The average molecular weight is 274 g/mol. The Morgan fingerprint density at radius 3 is 2.20 bits per heavy atom. The summed E-state index contributed by atoms with van der Waals surface area (Å²) in [7, 11) is 0. The van der Waals surface area contributed by atoms with Crippen molar-refractivity contribution in [2.75, 3.05) is 0 Å². The molecule has 0 N–H and O–H groups in total. The molecule has 1 aromatic rings. The van der Waals surface area contributed by atoms with Crippen LogP contribution in [-0.4, -0.2) is 0 Å². The minimum absolute atomic E-state index is 0.644. The fourth-order valence-electron chi connectivity index (χ4n) is 3.21. The number of hydrogen-bond acceptors (Lipinski definition) is 0. The Morgan fingerprint density at radius 1 is 0.900 bits per heavy atom. The summed E-state index contributed by atoms with van der Waals surface area (Å²) in [6.07, 6.45) is 9.14. The molecule has 1 rings (SSSR count). The standard InChI is InChI=1S/C20H34/c1-6-9-12-17(10-7-2)18-13-14-20(16(4)5)19(15-18)11-8-3/h13-17H,6-12H2,1-5H3. The topological polar surface area (TPSA) is 0 Å². The molecule has 0 fully saturated rings. The summed E-state index contributed by atoms with van der Waals surface area (Å²) in [4.78, 5) is 0. The molecule has 0 aliphatic rings. The van der Waals surface area contributed by atoms with Gasteiger partial charge >= 0.3 is 0 Å². The van der Waals surface area contributed by atoms with E-state index in [2.05, 4.69) is 52.8 Å². The second kappa shape index (κ2) is 9.21. The zero-order valence-corrected chi connectivity index (χ0v) is 14.3. The van der Waals surface area contributed by atoms with Crippen molar-refractivity contribution in [1.29, 1.82) is 0 Å². The summed E-state index contributed by atoms with van der Waals surface area (Å²) in [6.45, 7) is 11.5. The summed E-state index contributed by atoms with van der Waals surface area (Å²) >= 11 is 0. The van der Waals surface area contributed by atoms with Crippen LogP contribution in [0.5, 0.6) is 0 Å². The van der Waals surface area contributed by atoms with E-state index in [-0.39, 0.29) is 0 Å². The molecule has 0 heteroatoms. The van der Waals surface area contributed by atoms with E-state index in [1.165, 1.54) is 44.9 Å². The lowest BCUT2D eigenvalue weighted by Crippen LogP contribution is -2.03. The zero-order chi connectivity index (χ0) is 15.0. The van der Waals surface area contributed by atoms with Gasteiger partial charge in [0, 0.05) is 0 Å². The van der Waals surface area contributed by atoms with Gasteiger partial charge in [0.2, 0.25) is 0 Å². The van der Waals surface area contributed by atoms with Crippen LogP contribution < -0.4 is 0 Å². The Bertz CT molecular complexity index is 376. The molecule has 0 aromatic heterocycles. The number of rotatable bonds is 9. The van der Waals surface area contributed by atoms with E-state index in [9.17, 15) is 0 Å². The van der Waals surface area contributed by atoms with E-state index >= 15 is 0 Å². The fourth-order valence-corrected chi connectivity index (χ4v) is 3.21. The molecule has 20 heavy (non-hydrogen) atoms. The smallest absolute Gasteiger partial charge is 0.0162 e. The van der Waals surface area contributed by atoms with Crippen LogP contribution in [0.2, 0.25) is 0 Å².